The largest absolute Gasteiger partial charge is 0.478 e. The number of aryl methyl sites for hydroxylation is 1. The smallest absolute Gasteiger partial charge is 0.336 e. The number of carbonyl (C=O) groups excluding carboxylic acids is 1. The van der Waals surface area contributed by atoms with Crippen molar-refractivity contribution in [3.05, 3.63) is 29.3 Å². The molecule has 0 radical (unpaired) electrons. The molecule has 0 saturated heterocycles. The molecular formula is C17H24N2O5S. The summed E-state index contributed by atoms with van der Waals surface area (Å²) in [6.45, 7) is 3.79. The summed E-state index contributed by atoms with van der Waals surface area (Å²) in [5.41, 5.74) is 0.885. The van der Waals surface area contributed by atoms with Crippen LogP contribution >= 0.6 is 0 Å². The molecule has 1 amide bonds. The van der Waals surface area contributed by atoms with E-state index in [0.29, 0.717) is 11.5 Å². The molecule has 3 N–H and O–H groups in total. The number of carbonyl (C=O) groups is 2. The van der Waals surface area contributed by atoms with Crippen molar-refractivity contribution in [1.82, 2.24) is 4.72 Å². The first-order valence-corrected chi connectivity index (χ1v) is 9.95. The van der Waals surface area contributed by atoms with E-state index in [9.17, 15) is 18.0 Å². The van der Waals surface area contributed by atoms with Crippen molar-refractivity contribution >= 4 is 27.6 Å². The Labute approximate surface area is 147 Å². The van der Waals surface area contributed by atoms with Crippen LogP contribution in [-0.2, 0) is 14.8 Å². The van der Waals surface area contributed by atoms with E-state index in [1.165, 1.54) is 6.07 Å². The van der Waals surface area contributed by atoms with Crippen molar-refractivity contribution < 1.29 is 23.1 Å². The summed E-state index contributed by atoms with van der Waals surface area (Å²) in [5, 5.41) is 11.5. The molecule has 1 fully saturated rings. The Morgan fingerprint density at radius 3 is 2.44 bits per heavy atom. The molecule has 0 atom stereocenters. The van der Waals surface area contributed by atoms with E-state index in [1.807, 2.05) is 0 Å². The molecule has 25 heavy (non-hydrogen) atoms. The number of benzene rings is 1. The minimum Gasteiger partial charge on any atom is -0.478 e. The fourth-order valence-electron chi connectivity index (χ4n) is 2.97. The predicted molar refractivity (Wildman–Crippen MR) is 95.1 cm³/mol. The molecule has 0 spiro atoms. The fourth-order valence-corrected chi connectivity index (χ4v) is 4.22. The van der Waals surface area contributed by atoms with Crippen LogP contribution in [0.15, 0.2) is 18.2 Å². The lowest BCUT2D eigenvalue weighted by Gasteiger charge is -2.26. The molecule has 1 saturated carbocycles. The summed E-state index contributed by atoms with van der Waals surface area (Å²) >= 11 is 0. The number of nitrogens with one attached hydrogen (secondary N) is 2. The lowest BCUT2D eigenvalue weighted by Crippen LogP contribution is -2.41. The van der Waals surface area contributed by atoms with Gasteiger partial charge in [0.15, 0.2) is 0 Å². The number of hydrogen-bond acceptors (Lipinski definition) is 4. The Morgan fingerprint density at radius 2 is 1.84 bits per heavy atom. The number of carboxylic acids is 1. The highest BCUT2D eigenvalue weighted by atomic mass is 32.2. The van der Waals surface area contributed by atoms with Gasteiger partial charge < -0.3 is 10.4 Å². The van der Waals surface area contributed by atoms with Gasteiger partial charge in [0.25, 0.3) is 0 Å². The van der Waals surface area contributed by atoms with Crippen LogP contribution in [0.25, 0.3) is 0 Å². The third kappa shape index (κ3) is 5.82. The molecule has 0 bridgehead atoms. The Kier molecular flexibility index (Phi) is 6.18. The number of anilines is 1. The van der Waals surface area contributed by atoms with E-state index in [4.69, 9.17) is 5.11 Å². The number of carboxylic acid groups (broad SMARTS) is 1. The van der Waals surface area contributed by atoms with Gasteiger partial charge in [-0.25, -0.2) is 17.9 Å². The summed E-state index contributed by atoms with van der Waals surface area (Å²) in [5.74, 6) is -1.88. The second kappa shape index (κ2) is 7.97. The van der Waals surface area contributed by atoms with Gasteiger partial charge in [0.2, 0.25) is 15.9 Å². The number of rotatable bonds is 6. The standard InChI is InChI=1S/C17H24N2O5S/c1-11-3-6-13(7-4-11)19-25(23,24)10-16(20)18-14-8-5-12(2)15(9-14)17(21)22/h5,8-9,11,13,19H,3-4,6-7,10H2,1-2H3,(H,18,20)(H,21,22). The van der Waals surface area contributed by atoms with Gasteiger partial charge in [0.05, 0.1) is 5.56 Å². The molecule has 0 heterocycles. The van der Waals surface area contributed by atoms with Crippen molar-refractivity contribution in [3.63, 3.8) is 0 Å². The maximum Gasteiger partial charge on any atom is 0.336 e. The topological polar surface area (TPSA) is 113 Å². The third-order valence-corrected chi connectivity index (χ3v) is 5.77. The molecule has 2 rings (SSSR count). The number of aromatic carboxylic acids is 1. The van der Waals surface area contributed by atoms with Gasteiger partial charge in [-0.15, -0.1) is 0 Å². The van der Waals surface area contributed by atoms with Crippen molar-refractivity contribution in [3.8, 4) is 0 Å². The summed E-state index contributed by atoms with van der Waals surface area (Å²) in [6, 6.07) is 4.31. The summed E-state index contributed by atoms with van der Waals surface area (Å²) in [7, 11) is -3.73. The molecule has 138 valence electrons. The van der Waals surface area contributed by atoms with Gasteiger partial charge in [-0.2, -0.15) is 0 Å². The van der Waals surface area contributed by atoms with Crippen molar-refractivity contribution in [1.29, 1.82) is 0 Å². The molecular weight excluding hydrogens is 344 g/mol. The minimum atomic E-state index is -3.73. The Hall–Kier alpha value is -1.93. The summed E-state index contributed by atoms with van der Waals surface area (Å²) in [4.78, 5) is 23.1. The second-order valence-corrected chi connectivity index (χ2v) is 8.47. The van der Waals surface area contributed by atoms with Crippen LogP contribution < -0.4 is 10.0 Å². The zero-order chi connectivity index (χ0) is 18.6. The van der Waals surface area contributed by atoms with Crippen LogP contribution in [0.4, 0.5) is 5.69 Å². The molecule has 0 aromatic heterocycles. The van der Waals surface area contributed by atoms with E-state index in [-0.39, 0.29) is 17.3 Å². The van der Waals surface area contributed by atoms with E-state index in [2.05, 4.69) is 17.0 Å². The average molecular weight is 368 g/mol. The molecule has 1 aromatic rings. The highest BCUT2D eigenvalue weighted by Crippen LogP contribution is 2.24. The second-order valence-electron chi connectivity index (χ2n) is 6.72. The molecule has 1 aromatic carbocycles. The zero-order valence-corrected chi connectivity index (χ0v) is 15.2. The zero-order valence-electron chi connectivity index (χ0n) is 14.4. The van der Waals surface area contributed by atoms with Gasteiger partial charge in [0.1, 0.15) is 5.75 Å². The van der Waals surface area contributed by atoms with Crippen LogP contribution in [0.2, 0.25) is 0 Å². The first kappa shape index (κ1) is 19.4. The van der Waals surface area contributed by atoms with Crippen molar-refractivity contribution in [2.24, 2.45) is 5.92 Å². The molecule has 0 aliphatic heterocycles. The van der Waals surface area contributed by atoms with Crippen LogP contribution in [0, 0.1) is 12.8 Å². The highest BCUT2D eigenvalue weighted by Gasteiger charge is 2.24. The Balaban J connectivity index is 1.95. The quantitative estimate of drug-likeness (QED) is 0.712. The first-order chi connectivity index (χ1) is 11.7. The van der Waals surface area contributed by atoms with Crippen LogP contribution in [0.3, 0.4) is 0 Å². The van der Waals surface area contributed by atoms with Crippen LogP contribution in [0.1, 0.15) is 48.5 Å². The third-order valence-electron chi connectivity index (χ3n) is 4.43. The maximum atomic E-state index is 12.1. The molecule has 1 aliphatic rings. The fraction of sp³-hybridized carbons (Fsp3) is 0.529. The number of amides is 1. The average Bonchev–Trinajstić information content (AvgIpc) is 2.50. The maximum absolute atomic E-state index is 12.1. The molecule has 8 heteroatoms. The predicted octanol–water partition coefficient (Wildman–Crippen LogP) is 2.13. The van der Waals surface area contributed by atoms with Gasteiger partial charge >= 0.3 is 5.97 Å². The first-order valence-electron chi connectivity index (χ1n) is 8.30. The Bertz CT molecular complexity index is 752. The van der Waals surface area contributed by atoms with E-state index in [1.54, 1.807) is 19.1 Å². The monoisotopic (exact) mass is 368 g/mol. The van der Waals surface area contributed by atoms with Crippen molar-refractivity contribution in [2.45, 2.75) is 45.6 Å². The van der Waals surface area contributed by atoms with Gasteiger partial charge in [-0.1, -0.05) is 13.0 Å². The van der Waals surface area contributed by atoms with E-state index in [0.717, 1.165) is 25.7 Å². The van der Waals surface area contributed by atoms with Gasteiger partial charge in [-0.05, 0) is 56.2 Å². The SMILES string of the molecule is Cc1ccc(NC(=O)CS(=O)(=O)NC2CCC(C)CC2)cc1C(=O)O. The lowest BCUT2D eigenvalue weighted by molar-refractivity contribution is -0.113. The summed E-state index contributed by atoms with van der Waals surface area (Å²) in [6.07, 6.45) is 3.51. The summed E-state index contributed by atoms with van der Waals surface area (Å²) < 4.78 is 26.9. The normalized spacial score (nSPS) is 20.9. The van der Waals surface area contributed by atoms with Crippen LogP contribution in [-0.4, -0.2) is 37.2 Å². The highest BCUT2D eigenvalue weighted by molar-refractivity contribution is 7.90. The molecule has 0 unspecified atom stereocenters. The van der Waals surface area contributed by atoms with E-state index >= 15 is 0 Å². The molecule has 7 nitrogen and oxygen atoms in total. The Morgan fingerprint density at radius 1 is 1.20 bits per heavy atom. The number of hydrogen-bond donors (Lipinski definition) is 3. The van der Waals surface area contributed by atoms with Gasteiger partial charge in [-0.3, -0.25) is 4.79 Å². The van der Waals surface area contributed by atoms with Crippen molar-refractivity contribution in [2.75, 3.05) is 11.1 Å². The van der Waals surface area contributed by atoms with E-state index < -0.39 is 27.7 Å². The minimum absolute atomic E-state index is 0.0649. The van der Waals surface area contributed by atoms with Crippen LogP contribution in [0.5, 0.6) is 0 Å². The number of sulfonamides is 1. The van der Waals surface area contributed by atoms with Gasteiger partial charge in [0, 0.05) is 11.7 Å². The lowest BCUT2D eigenvalue weighted by atomic mass is 9.88. The molecule has 1 aliphatic carbocycles.